The molecule has 0 aliphatic carbocycles. The maximum Gasteiger partial charge on any atom is 0.339 e. The Hall–Kier alpha value is -2.96. The average Bonchev–Trinajstić information content (AvgIpc) is 2.62. The number of hydrogen-bond acceptors (Lipinski definition) is 4. The van der Waals surface area contributed by atoms with Crippen LogP contribution in [0.5, 0.6) is 5.75 Å². The van der Waals surface area contributed by atoms with Gasteiger partial charge in [-0.3, -0.25) is 4.79 Å². The number of hydrogen-bond donors (Lipinski definition) is 1. The summed E-state index contributed by atoms with van der Waals surface area (Å²) in [6.07, 6.45) is -1.18. The summed E-state index contributed by atoms with van der Waals surface area (Å²) in [5, 5.41) is 2.26. The summed E-state index contributed by atoms with van der Waals surface area (Å²) in [5.74, 6) is -2.28. The van der Waals surface area contributed by atoms with Gasteiger partial charge >= 0.3 is 5.97 Å². The predicted molar refractivity (Wildman–Crippen MR) is 96.6 cm³/mol. The molecule has 1 atom stereocenters. The fourth-order valence-electron chi connectivity index (χ4n) is 2.08. The van der Waals surface area contributed by atoms with Crippen molar-refractivity contribution in [3.8, 4) is 5.75 Å². The third-order valence-corrected chi connectivity index (χ3v) is 3.50. The summed E-state index contributed by atoms with van der Waals surface area (Å²) in [7, 11) is 0. The zero-order chi connectivity index (χ0) is 20.0. The van der Waals surface area contributed by atoms with Crippen molar-refractivity contribution in [3.63, 3.8) is 0 Å². The molecule has 0 saturated carbocycles. The largest absolute Gasteiger partial charge is 0.493 e. The highest BCUT2D eigenvalue weighted by atomic mass is 19.1. The normalized spacial score (nSPS) is 11.8. The Morgan fingerprint density at radius 3 is 2.48 bits per heavy atom. The SMILES string of the molecule is CC(C)COc1cccc(C(=O)OC(C)C(=O)Nc2ccc(F)cc2F)c1. The van der Waals surface area contributed by atoms with Crippen LogP contribution in [0.15, 0.2) is 42.5 Å². The summed E-state index contributed by atoms with van der Waals surface area (Å²) in [6.45, 7) is 5.86. The number of ether oxygens (including phenoxy) is 2. The molecule has 0 spiro atoms. The van der Waals surface area contributed by atoms with Crippen molar-refractivity contribution in [2.45, 2.75) is 26.9 Å². The minimum Gasteiger partial charge on any atom is -0.493 e. The second-order valence-corrected chi connectivity index (χ2v) is 6.39. The maximum atomic E-state index is 13.6. The summed E-state index contributed by atoms with van der Waals surface area (Å²) in [6, 6.07) is 9.17. The molecular formula is C20H21F2NO4. The van der Waals surface area contributed by atoms with E-state index in [0.29, 0.717) is 24.3 Å². The monoisotopic (exact) mass is 377 g/mol. The first kappa shape index (κ1) is 20.4. The molecule has 0 aliphatic rings. The molecule has 5 nitrogen and oxygen atoms in total. The smallest absolute Gasteiger partial charge is 0.339 e. The lowest BCUT2D eigenvalue weighted by Crippen LogP contribution is -2.30. The van der Waals surface area contributed by atoms with Crippen molar-refractivity contribution in [1.29, 1.82) is 0 Å². The number of amides is 1. The zero-order valence-electron chi connectivity index (χ0n) is 15.3. The van der Waals surface area contributed by atoms with Crippen molar-refractivity contribution in [2.24, 2.45) is 5.92 Å². The summed E-state index contributed by atoms with van der Waals surface area (Å²) < 4.78 is 37.2. The van der Waals surface area contributed by atoms with Crippen LogP contribution in [0.4, 0.5) is 14.5 Å². The minimum absolute atomic E-state index is 0.201. The highest BCUT2D eigenvalue weighted by Crippen LogP contribution is 2.17. The molecule has 1 N–H and O–H groups in total. The first-order valence-electron chi connectivity index (χ1n) is 8.46. The molecule has 2 aromatic rings. The van der Waals surface area contributed by atoms with Gasteiger partial charge in [0.15, 0.2) is 6.10 Å². The molecule has 1 amide bonds. The lowest BCUT2D eigenvalue weighted by atomic mass is 10.2. The number of halogens is 2. The fourth-order valence-corrected chi connectivity index (χ4v) is 2.08. The third-order valence-electron chi connectivity index (χ3n) is 3.50. The van der Waals surface area contributed by atoms with Crippen LogP contribution < -0.4 is 10.1 Å². The predicted octanol–water partition coefficient (Wildman–Crippen LogP) is 4.18. The zero-order valence-corrected chi connectivity index (χ0v) is 15.3. The molecular weight excluding hydrogens is 356 g/mol. The molecule has 0 aromatic heterocycles. The van der Waals surface area contributed by atoms with Gasteiger partial charge in [0.1, 0.15) is 17.4 Å². The van der Waals surface area contributed by atoms with Crippen molar-refractivity contribution < 1.29 is 27.8 Å². The molecule has 27 heavy (non-hydrogen) atoms. The van der Waals surface area contributed by atoms with Gasteiger partial charge in [0.25, 0.3) is 5.91 Å². The van der Waals surface area contributed by atoms with Crippen LogP contribution in [0, 0.1) is 17.6 Å². The van der Waals surface area contributed by atoms with Crippen LogP contribution in [-0.4, -0.2) is 24.6 Å². The van der Waals surface area contributed by atoms with E-state index in [1.165, 1.54) is 19.1 Å². The Bertz CT molecular complexity index is 823. The number of esters is 1. The van der Waals surface area contributed by atoms with Crippen LogP contribution in [0.2, 0.25) is 0 Å². The van der Waals surface area contributed by atoms with E-state index in [2.05, 4.69) is 5.32 Å². The molecule has 0 heterocycles. The van der Waals surface area contributed by atoms with E-state index >= 15 is 0 Å². The molecule has 0 aliphatic heterocycles. The van der Waals surface area contributed by atoms with Crippen LogP contribution in [0.25, 0.3) is 0 Å². The summed E-state index contributed by atoms with van der Waals surface area (Å²) in [5.41, 5.74) is 0.0252. The Kier molecular flexibility index (Phi) is 6.87. The number of rotatable bonds is 7. The van der Waals surface area contributed by atoms with E-state index in [0.717, 1.165) is 12.1 Å². The van der Waals surface area contributed by atoms with Gasteiger partial charge in [0.05, 0.1) is 17.9 Å². The van der Waals surface area contributed by atoms with Crippen molar-refractivity contribution >= 4 is 17.6 Å². The summed E-state index contributed by atoms with van der Waals surface area (Å²) in [4.78, 5) is 24.3. The van der Waals surface area contributed by atoms with Gasteiger partial charge in [-0.15, -0.1) is 0 Å². The van der Waals surface area contributed by atoms with E-state index in [4.69, 9.17) is 9.47 Å². The molecule has 2 aromatic carbocycles. The van der Waals surface area contributed by atoms with Crippen LogP contribution in [0.3, 0.4) is 0 Å². The fraction of sp³-hybridized carbons (Fsp3) is 0.300. The van der Waals surface area contributed by atoms with Crippen molar-refractivity contribution in [3.05, 3.63) is 59.7 Å². The van der Waals surface area contributed by atoms with Gasteiger partial charge in [0, 0.05) is 6.07 Å². The van der Waals surface area contributed by atoms with Crippen molar-refractivity contribution in [1.82, 2.24) is 0 Å². The molecule has 0 radical (unpaired) electrons. The highest BCUT2D eigenvalue weighted by Gasteiger charge is 2.20. The van der Waals surface area contributed by atoms with Gasteiger partial charge in [-0.2, -0.15) is 0 Å². The standard InChI is InChI=1S/C20H21F2NO4/c1-12(2)11-26-16-6-4-5-14(9-16)20(25)27-13(3)19(24)23-18-8-7-15(21)10-17(18)22/h4-10,12-13H,11H2,1-3H3,(H,23,24). The molecule has 0 bridgehead atoms. The Morgan fingerprint density at radius 1 is 1.07 bits per heavy atom. The van der Waals surface area contributed by atoms with Gasteiger partial charge < -0.3 is 14.8 Å². The molecule has 0 saturated heterocycles. The van der Waals surface area contributed by atoms with Gasteiger partial charge in [0.2, 0.25) is 0 Å². The Labute approximate surface area is 156 Å². The number of carbonyl (C=O) groups excluding carboxylic acids is 2. The Morgan fingerprint density at radius 2 is 1.81 bits per heavy atom. The second-order valence-electron chi connectivity index (χ2n) is 6.39. The molecule has 144 valence electrons. The number of carbonyl (C=O) groups is 2. The topological polar surface area (TPSA) is 64.6 Å². The number of anilines is 1. The first-order chi connectivity index (χ1) is 12.8. The quantitative estimate of drug-likeness (QED) is 0.735. The average molecular weight is 377 g/mol. The van der Waals surface area contributed by atoms with Crippen LogP contribution in [0.1, 0.15) is 31.1 Å². The molecule has 2 rings (SSSR count). The Balaban J connectivity index is 1.98. The van der Waals surface area contributed by atoms with E-state index in [1.54, 1.807) is 12.1 Å². The van der Waals surface area contributed by atoms with E-state index in [-0.39, 0.29) is 11.3 Å². The van der Waals surface area contributed by atoms with E-state index in [9.17, 15) is 18.4 Å². The maximum absolute atomic E-state index is 13.6. The lowest BCUT2D eigenvalue weighted by molar-refractivity contribution is -0.123. The highest BCUT2D eigenvalue weighted by molar-refractivity contribution is 5.97. The number of benzene rings is 2. The molecule has 0 fully saturated rings. The summed E-state index contributed by atoms with van der Waals surface area (Å²) >= 11 is 0. The first-order valence-corrected chi connectivity index (χ1v) is 8.46. The van der Waals surface area contributed by atoms with Gasteiger partial charge in [-0.25, -0.2) is 13.6 Å². The van der Waals surface area contributed by atoms with Crippen LogP contribution in [-0.2, 0) is 9.53 Å². The van der Waals surface area contributed by atoms with E-state index < -0.39 is 29.6 Å². The minimum atomic E-state index is -1.18. The van der Waals surface area contributed by atoms with Gasteiger partial charge in [-0.1, -0.05) is 19.9 Å². The van der Waals surface area contributed by atoms with Crippen molar-refractivity contribution in [2.75, 3.05) is 11.9 Å². The number of nitrogens with one attached hydrogen (secondary N) is 1. The lowest BCUT2D eigenvalue weighted by Gasteiger charge is -2.14. The second kappa shape index (κ2) is 9.12. The third kappa shape index (κ3) is 6.06. The molecule has 1 unspecified atom stereocenters. The molecule has 7 heteroatoms. The van der Waals surface area contributed by atoms with Gasteiger partial charge in [-0.05, 0) is 43.2 Å². The van der Waals surface area contributed by atoms with E-state index in [1.807, 2.05) is 13.8 Å². The van der Waals surface area contributed by atoms with Crippen LogP contribution >= 0.6 is 0 Å².